The molecule has 0 bridgehead atoms. The Morgan fingerprint density at radius 2 is 1.61 bits per heavy atom. The van der Waals surface area contributed by atoms with Gasteiger partial charge >= 0.3 is 5.97 Å². The average molecular weight is 317 g/mol. The van der Waals surface area contributed by atoms with Crippen molar-refractivity contribution in [3.8, 4) is 0 Å². The quantitative estimate of drug-likeness (QED) is 0.846. The van der Waals surface area contributed by atoms with Gasteiger partial charge in [0.05, 0.1) is 12.2 Å². The molecule has 5 nitrogen and oxygen atoms in total. The predicted octanol–water partition coefficient (Wildman–Crippen LogP) is 3.20. The van der Waals surface area contributed by atoms with Crippen molar-refractivity contribution in [2.45, 2.75) is 39.5 Å². The second-order valence-electron chi connectivity index (χ2n) is 5.95. The molecule has 0 aliphatic heterocycles. The summed E-state index contributed by atoms with van der Waals surface area (Å²) in [6.07, 6.45) is 3.07. The number of anilines is 1. The first-order chi connectivity index (χ1) is 11.0. The summed E-state index contributed by atoms with van der Waals surface area (Å²) >= 11 is 0. The highest BCUT2D eigenvalue weighted by Gasteiger charge is 2.28. The van der Waals surface area contributed by atoms with Gasteiger partial charge in [-0.25, -0.2) is 4.79 Å². The van der Waals surface area contributed by atoms with E-state index in [0.29, 0.717) is 17.9 Å². The molecule has 1 aliphatic rings. The molecule has 1 N–H and O–H groups in total. The number of carbonyl (C=O) groups excluding carboxylic acids is 3. The summed E-state index contributed by atoms with van der Waals surface area (Å²) in [5, 5.41) is 2.88. The molecule has 0 aromatic heterocycles. The number of rotatable bonds is 5. The summed E-state index contributed by atoms with van der Waals surface area (Å²) in [5.41, 5.74) is 1.13. The minimum absolute atomic E-state index is 0.0177. The summed E-state index contributed by atoms with van der Waals surface area (Å²) < 4.78 is 4.92. The van der Waals surface area contributed by atoms with Crippen molar-refractivity contribution in [1.82, 2.24) is 0 Å². The summed E-state index contributed by atoms with van der Waals surface area (Å²) in [5.74, 6) is -0.0968. The summed E-state index contributed by atoms with van der Waals surface area (Å²) in [6.45, 7) is 3.71. The molecular formula is C18H23NO4. The van der Waals surface area contributed by atoms with E-state index in [1.807, 2.05) is 0 Å². The van der Waals surface area contributed by atoms with E-state index in [4.69, 9.17) is 4.74 Å². The number of esters is 1. The molecule has 5 heteroatoms. The molecule has 0 radical (unpaired) electrons. The predicted molar refractivity (Wildman–Crippen MR) is 87.2 cm³/mol. The molecule has 0 heterocycles. The van der Waals surface area contributed by atoms with Crippen LogP contribution in [0.4, 0.5) is 5.69 Å². The minimum atomic E-state index is -0.368. The van der Waals surface area contributed by atoms with E-state index in [9.17, 15) is 14.4 Å². The number of nitrogens with one attached hydrogen (secondary N) is 1. The van der Waals surface area contributed by atoms with Crippen LogP contribution in [-0.4, -0.2) is 24.3 Å². The van der Waals surface area contributed by atoms with Gasteiger partial charge in [0.15, 0.2) is 0 Å². The van der Waals surface area contributed by atoms with Gasteiger partial charge < -0.3 is 10.1 Å². The van der Waals surface area contributed by atoms with Gasteiger partial charge in [0.2, 0.25) is 5.91 Å². The van der Waals surface area contributed by atoms with Crippen LogP contribution in [-0.2, 0) is 14.3 Å². The Morgan fingerprint density at radius 3 is 2.13 bits per heavy atom. The van der Waals surface area contributed by atoms with Crippen LogP contribution in [0.1, 0.15) is 49.9 Å². The minimum Gasteiger partial charge on any atom is -0.462 e. The van der Waals surface area contributed by atoms with Crippen molar-refractivity contribution in [2.75, 3.05) is 11.9 Å². The lowest BCUT2D eigenvalue weighted by Crippen LogP contribution is -2.29. The molecule has 1 saturated carbocycles. The lowest BCUT2D eigenvalue weighted by molar-refractivity contribution is -0.125. The molecule has 1 aromatic carbocycles. The van der Waals surface area contributed by atoms with Crippen LogP contribution in [0, 0.1) is 11.8 Å². The molecule has 1 amide bonds. The van der Waals surface area contributed by atoms with Crippen molar-refractivity contribution in [2.24, 2.45) is 11.8 Å². The first kappa shape index (κ1) is 17.2. The van der Waals surface area contributed by atoms with Crippen LogP contribution >= 0.6 is 0 Å². The molecule has 0 spiro atoms. The third-order valence-corrected chi connectivity index (χ3v) is 4.34. The molecule has 0 saturated heterocycles. The van der Waals surface area contributed by atoms with Gasteiger partial charge in [0.1, 0.15) is 5.78 Å². The van der Waals surface area contributed by atoms with Crippen LogP contribution < -0.4 is 5.32 Å². The molecule has 2 rings (SSSR count). The zero-order chi connectivity index (χ0) is 16.8. The third-order valence-electron chi connectivity index (χ3n) is 4.34. The van der Waals surface area contributed by atoms with Crippen molar-refractivity contribution >= 4 is 23.3 Å². The molecule has 0 unspecified atom stereocenters. The number of ketones is 1. The Morgan fingerprint density at radius 1 is 1.04 bits per heavy atom. The lowest BCUT2D eigenvalue weighted by atomic mass is 9.80. The van der Waals surface area contributed by atoms with Crippen LogP contribution in [0.15, 0.2) is 24.3 Å². The van der Waals surface area contributed by atoms with Crippen molar-refractivity contribution in [3.63, 3.8) is 0 Å². The summed E-state index contributed by atoms with van der Waals surface area (Å²) in [7, 11) is 0. The lowest BCUT2D eigenvalue weighted by Gasteiger charge is -2.26. The van der Waals surface area contributed by atoms with Crippen LogP contribution in [0.25, 0.3) is 0 Å². The van der Waals surface area contributed by atoms with Gasteiger partial charge in [-0.2, -0.15) is 0 Å². The highest BCUT2D eigenvalue weighted by atomic mass is 16.5. The van der Waals surface area contributed by atoms with Gasteiger partial charge in [0.25, 0.3) is 0 Å². The molecular weight excluding hydrogens is 294 g/mol. The van der Waals surface area contributed by atoms with Crippen LogP contribution in [0.2, 0.25) is 0 Å². The first-order valence-corrected chi connectivity index (χ1v) is 8.09. The number of hydrogen-bond donors (Lipinski definition) is 1. The number of ether oxygens (including phenoxy) is 1. The van der Waals surface area contributed by atoms with Gasteiger partial charge in [-0.1, -0.05) is 0 Å². The van der Waals surface area contributed by atoms with Crippen molar-refractivity contribution < 1.29 is 19.1 Å². The first-order valence-electron chi connectivity index (χ1n) is 8.09. The number of amides is 1. The SMILES string of the molecule is CCOC(=O)c1ccc(NC(=O)C2CCC(C(C)=O)CC2)cc1. The standard InChI is InChI=1S/C18H23NO4/c1-3-23-18(22)15-8-10-16(11-9-15)19-17(21)14-6-4-13(5-7-14)12(2)20/h8-11,13-14H,3-7H2,1-2H3,(H,19,21). The van der Waals surface area contributed by atoms with E-state index < -0.39 is 0 Å². The van der Waals surface area contributed by atoms with Crippen LogP contribution in [0.3, 0.4) is 0 Å². The third kappa shape index (κ3) is 4.65. The Bertz CT molecular complexity index is 571. The van der Waals surface area contributed by atoms with Gasteiger partial charge in [0, 0.05) is 17.5 Å². The smallest absolute Gasteiger partial charge is 0.338 e. The molecule has 1 fully saturated rings. The molecule has 23 heavy (non-hydrogen) atoms. The van der Waals surface area contributed by atoms with E-state index in [2.05, 4.69) is 5.32 Å². The Kier molecular flexibility index (Phi) is 5.90. The number of hydrogen-bond acceptors (Lipinski definition) is 4. The van der Waals surface area contributed by atoms with Crippen molar-refractivity contribution in [1.29, 1.82) is 0 Å². The largest absolute Gasteiger partial charge is 0.462 e. The van der Waals surface area contributed by atoms with E-state index in [0.717, 1.165) is 25.7 Å². The summed E-state index contributed by atoms with van der Waals surface area (Å²) in [4.78, 5) is 35.2. The maximum absolute atomic E-state index is 12.3. The van der Waals surface area contributed by atoms with E-state index >= 15 is 0 Å². The fraction of sp³-hybridized carbons (Fsp3) is 0.500. The monoisotopic (exact) mass is 317 g/mol. The number of carbonyl (C=O) groups is 3. The Labute approximate surface area is 136 Å². The average Bonchev–Trinajstić information content (AvgIpc) is 2.55. The van der Waals surface area contributed by atoms with E-state index in [1.54, 1.807) is 38.1 Å². The molecule has 1 aromatic rings. The summed E-state index contributed by atoms with van der Waals surface area (Å²) in [6, 6.07) is 6.68. The maximum atomic E-state index is 12.3. The number of Topliss-reactive ketones (excluding diaryl/α,β-unsaturated/α-hetero) is 1. The highest BCUT2D eigenvalue weighted by Crippen LogP contribution is 2.30. The second kappa shape index (κ2) is 7.90. The highest BCUT2D eigenvalue weighted by molar-refractivity contribution is 5.94. The van der Waals surface area contributed by atoms with Crippen LogP contribution in [0.5, 0.6) is 0 Å². The van der Waals surface area contributed by atoms with E-state index in [1.165, 1.54) is 0 Å². The molecule has 0 atom stereocenters. The maximum Gasteiger partial charge on any atom is 0.338 e. The topological polar surface area (TPSA) is 72.5 Å². The van der Waals surface area contributed by atoms with Gasteiger partial charge in [-0.15, -0.1) is 0 Å². The van der Waals surface area contributed by atoms with Gasteiger partial charge in [-0.3, -0.25) is 9.59 Å². The van der Waals surface area contributed by atoms with E-state index in [-0.39, 0.29) is 29.5 Å². The zero-order valence-electron chi connectivity index (χ0n) is 13.6. The number of benzene rings is 1. The van der Waals surface area contributed by atoms with Gasteiger partial charge in [-0.05, 0) is 63.8 Å². The molecule has 124 valence electrons. The second-order valence-corrected chi connectivity index (χ2v) is 5.95. The fourth-order valence-electron chi connectivity index (χ4n) is 2.91. The van der Waals surface area contributed by atoms with Crippen molar-refractivity contribution in [3.05, 3.63) is 29.8 Å². The molecule has 1 aliphatic carbocycles. The Hall–Kier alpha value is -2.17. The normalized spacial score (nSPS) is 20.6. The zero-order valence-corrected chi connectivity index (χ0v) is 13.6. The Balaban J connectivity index is 1.88. The fourth-order valence-corrected chi connectivity index (χ4v) is 2.91.